The molecule has 8 nitrogen and oxygen atoms in total. The lowest BCUT2D eigenvalue weighted by Gasteiger charge is -2.58. The van der Waals surface area contributed by atoms with Crippen molar-refractivity contribution in [1.29, 1.82) is 0 Å². The van der Waals surface area contributed by atoms with Crippen LogP contribution < -0.4 is 10.6 Å². The van der Waals surface area contributed by atoms with Gasteiger partial charge < -0.3 is 20.6 Å². The van der Waals surface area contributed by atoms with Gasteiger partial charge in [-0.25, -0.2) is 9.97 Å². The molecule has 1 aromatic heterocycles. The summed E-state index contributed by atoms with van der Waals surface area (Å²) in [6, 6.07) is 0.140. The smallest absolute Gasteiger partial charge is 0.254 e. The quantitative estimate of drug-likeness (QED) is 0.632. The number of hydrogen-bond donors (Lipinski definition) is 3. The fourth-order valence-electron chi connectivity index (χ4n) is 7.74. The van der Waals surface area contributed by atoms with Crippen molar-refractivity contribution in [1.82, 2.24) is 20.2 Å². The Hall–Kier alpha value is -2.22. The first-order chi connectivity index (χ1) is 15.9. The second-order valence-corrected chi connectivity index (χ2v) is 11.5. The average molecular weight is 454 g/mol. The molecule has 4 bridgehead atoms. The minimum absolute atomic E-state index is 0.00236. The molecule has 5 aliphatic carbocycles. The summed E-state index contributed by atoms with van der Waals surface area (Å²) in [5, 5.41) is 17.6. The molecule has 2 amide bonds. The van der Waals surface area contributed by atoms with Gasteiger partial charge in [-0.15, -0.1) is 0 Å². The molecule has 0 radical (unpaired) electrons. The highest BCUT2D eigenvalue weighted by atomic mass is 16.3. The van der Waals surface area contributed by atoms with E-state index < -0.39 is 5.60 Å². The molecule has 6 aliphatic rings. The van der Waals surface area contributed by atoms with Crippen LogP contribution in [0.2, 0.25) is 0 Å². The molecule has 7 rings (SSSR count). The Morgan fingerprint density at radius 1 is 1.18 bits per heavy atom. The van der Waals surface area contributed by atoms with Gasteiger partial charge in [0.15, 0.2) is 0 Å². The molecule has 2 heterocycles. The maximum atomic E-state index is 13.5. The van der Waals surface area contributed by atoms with Crippen molar-refractivity contribution in [2.24, 2.45) is 17.8 Å². The van der Waals surface area contributed by atoms with Gasteiger partial charge in [0, 0.05) is 38.2 Å². The number of aliphatic hydroxyl groups is 1. The van der Waals surface area contributed by atoms with Crippen LogP contribution in [0, 0.1) is 17.8 Å². The molecule has 8 heteroatoms. The normalized spacial score (nSPS) is 37.7. The number of carbonyl (C=O) groups is 2. The number of aromatic nitrogens is 2. The van der Waals surface area contributed by atoms with Crippen LogP contribution in [0.25, 0.3) is 0 Å². The zero-order chi connectivity index (χ0) is 22.7. The highest BCUT2D eigenvalue weighted by molar-refractivity contribution is 5.95. The van der Waals surface area contributed by atoms with Crippen LogP contribution >= 0.6 is 0 Å². The number of nitrogens with zero attached hydrogens (tertiary/aromatic N) is 3. The summed E-state index contributed by atoms with van der Waals surface area (Å²) >= 11 is 0. The SMILES string of the molecule is CN1CC(Nc2ncc(C(=O)NC3C4CC5CC3CC(O)(C5)C4)c(C3CCCC3)n2)CC1=O. The fraction of sp³-hybridized carbons (Fsp3) is 0.760. The topological polar surface area (TPSA) is 107 Å². The summed E-state index contributed by atoms with van der Waals surface area (Å²) in [5.41, 5.74) is 0.945. The molecule has 3 unspecified atom stereocenters. The molecule has 3 N–H and O–H groups in total. The second kappa shape index (κ2) is 7.93. The lowest BCUT2D eigenvalue weighted by atomic mass is 9.52. The third-order valence-corrected chi connectivity index (χ3v) is 9.02. The third-order valence-electron chi connectivity index (χ3n) is 9.02. The number of amides is 2. The Bertz CT molecular complexity index is 945. The van der Waals surface area contributed by atoms with E-state index in [1.807, 2.05) is 7.05 Å². The second-order valence-electron chi connectivity index (χ2n) is 11.5. The fourth-order valence-corrected chi connectivity index (χ4v) is 7.74. The lowest BCUT2D eigenvalue weighted by molar-refractivity contribution is -0.137. The predicted molar refractivity (Wildman–Crippen MR) is 123 cm³/mol. The van der Waals surface area contributed by atoms with E-state index in [9.17, 15) is 14.7 Å². The van der Waals surface area contributed by atoms with Crippen molar-refractivity contribution in [3.8, 4) is 0 Å². The maximum absolute atomic E-state index is 13.5. The van der Waals surface area contributed by atoms with E-state index in [0.717, 1.165) is 63.5 Å². The Kier molecular flexibility index (Phi) is 5.12. The molecule has 1 saturated heterocycles. The van der Waals surface area contributed by atoms with Crippen LogP contribution in [-0.2, 0) is 4.79 Å². The molecule has 33 heavy (non-hydrogen) atoms. The van der Waals surface area contributed by atoms with Crippen LogP contribution in [0.1, 0.15) is 86.2 Å². The monoisotopic (exact) mass is 453 g/mol. The van der Waals surface area contributed by atoms with Crippen molar-refractivity contribution >= 4 is 17.8 Å². The standard InChI is InChI=1S/C25H35N5O3/c1-30-13-18(8-20(30)31)27-24-26-12-19(22(29-24)15-4-2-3-5-15)23(32)28-21-16-6-14-7-17(21)11-25(33,9-14)10-16/h12,14-18,21,33H,2-11,13H2,1H3,(H,28,32)(H,26,27,29). The number of nitrogens with one attached hydrogen (secondary N) is 2. The molecule has 0 aromatic carbocycles. The van der Waals surface area contributed by atoms with E-state index in [1.54, 1.807) is 11.1 Å². The molecule has 1 aliphatic heterocycles. The average Bonchev–Trinajstić information content (AvgIpc) is 3.39. The highest BCUT2D eigenvalue weighted by Crippen LogP contribution is 2.55. The Morgan fingerprint density at radius 2 is 1.91 bits per heavy atom. The zero-order valence-electron chi connectivity index (χ0n) is 19.4. The molecule has 178 valence electrons. The first-order valence-electron chi connectivity index (χ1n) is 12.8. The largest absolute Gasteiger partial charge is 0.390 e. The summed E-state index contributed by atoms with van der Waals surface area (Å²) in [7, 11) is 1.81. The summed E-state index contributed by atoms with van der Waals surface area (Å²) in [6.07, 6.45) is 11.3. The van der Waals surface area contributed by atoms with Gasteiger partial charge in [0.05, 0.1) is 22.9 Å². The van der Waals surface area contributed by atoms with Gasteiger partial charge in [-0.1, -0.05) is 12.8 Å². The molecule has 3 atom stereocenters. The van der Waals surface area contributed by atoms with E-state index in [4.69, 9.17) is 4.98 Å². The zero-order valence-corrected chi connectivity index (χ0v) is 19.4. The van der Waals surface area contributed by atoms with E-state index in [2.05, 4.69) is 15.6 Å². The van der Waals surface area contributed by atoms with Crippen LogP contribution in [0.3, 0.4) is 0 Å². The first kappa shape index (κ1) is 21.3. The summed E-state index contributed by atoms with van der Waals surface area (Å²) in [4.78, 5) is 36.4. The van der Waals surface area contributed by atoms with E-state index in [0.29, 0.717) is 42.2 Å². The number of rotatable bonds is 5. The van der Waals surface area contributed by atoms with Crippen molar-refractivity contribution in [2.45, 2.75) is 87.8 Å². The van der Waals surface area contributed by atoms with Gasteiger partial charge in [0.1, 0.15) is 0 Å². The van der Waals surface area contributed by atoms with Crippen molar-refractivity contribution < 1.29 is 14.7 Å². The maximum Gasteiger partial charge on any atom is 0.254 e. The van der Waals surface area contributed by atoms with Gasteiger partial charge in [0.25, 0.3) is 5.91 Å². The Labute approximate surface area is 194 Å². The van der Waals surface area contributed by atoms with Gasteiger partial charge in [0.2, 0.25) is 11.9 Å². The van der Waals surface area contributed by atoms with Crippen LogP contribution in [0.4, 0.5) is 5.95 Å². The van der Waals surface area contributed by atoms with Crippen LogP contribution in [0.15, 0.2) is 6.20 Å². The van der Waals surface area contributed by atoms with Crippen LogP contribution in [-0.4, -0.2) is 63.1 Å². The molecule has 6 fully saturated rings. The van der Waals surface area contributed by atoms with Gasteiger partial charge in [-0.2, -0.15) is 0 Å². The van der Waals surface area contributed by atoms with E-state index >= 15 is 0 Å². The van der Waals surface area contributed by atoms with Crippen molar-refractivity contribution in [3.05, 3.63) is 17.5 Å². The van der Waals surface area contributed by atoms with Gasteiger partial charge in [-0.3, -0.25) is 9.59 Å². The Morgan fingerprint density at radius 3 is 2.55 bits per heavy atom. The highest BCUT2D eigenvalue weighted by Gasteiger charge is 2.55. The molecule has 0 spiro atoms. The summed E-state index contributed by atoms with van der Waals surface area (Å²) in [6.45, 7) is 0.640. The molecule has 5 saturated carbocycles. The number of likely N-dealkylation sites (tertiary alicyclic amines) is 1. The summed E-state index contributed by atoms with van der Waals surface area (Å²) < 4.78 is 0. The predicted octanol–water partition coefficient (Wildman–Crippen LogP) is 2.45. The number of carbonyl (C=O) groups excluding carboxylic acids is 2. The third kappa shape index (κ3) is 3.90. The minimum Gasteiger partial charge on any atom is -0.390 e. The van der Waals surface area contributed by atoms with Crippen molar-refractivity contribution in [3.63, 3.8) is 0 Å². The number of anilines is 1. The molecular formula is C25H35N5O3. The van der Waals surface area contributed by atoms with Gasteiger partial charge in [-0.05, 0) is 62.7 Å². The van der Waals surface area contributed by atoms with Crippen LogP contribution in [0.5, 0.6) is 0 Å². The molecule has 1 aromatic rings. The number of hydrogen-bond acceptors (Lipinski definition) is 6. The van der Waals surface area contributed by atoms with E-state index in [-0.39, 0.29) is 29.8 Å². The number of likely N-dealkylation sites (N-methyl/N-ethyl adjacent to an activating group) is 1. The van der Waals surface area contributed by atoms with Crippen molar-refractivity contribution in [2.75, 3.05) is 18.9 Å². The van der Waals surface area contributed by atoms with E-state index in [1.165, 1.54) is 0 Å². The molecular weight excluding hydrogens is 418 g/mol. The van der Waals surface area contributed by atoms with Gasteiger partial charge >= 0.3 is 0 Å². The Balaban J connectivity index is 1.22. The summed E-state index contributed by atoms with van der Waals surface area (Å²) in [5.74, 6) is 2.21. The lowest BCUT2D eigenvalue weighted by Crippen LogP contribution is -2.61. The first-order valence-corrected chi connectivity index (χ1v) is 12.8. The minimum atomic E-state index is -0.501.